The van der Waals surface area contributed by atoms with Crippen molar-refractivity contribution in [3.63, 3.8) is 0 Å². The number of hydrogen-bond acceptors (Lipinski definition) is 8. The van der Waals surface area contributed by atoms with Crippen LogP contribution in [0.4, 0.5) is 13.2 Å². The first-order valence-corrected chi connectivity index (χ1v) is 9.73. The number of benzene rings is 1. The third-order valence-corrected chi connectivity index (χ3v) is 4.50. The zero-order valence-electron chi connectivity index (χ0n) is 15.8. The lowest BCUT2D eigenvalue weighted by atomic mass is 10.0. The van der Waals surface area contributed by atoms with Crippen molar-refractivity contribution < 1.29 is 38.5 Å². The highest BCUT2D eigenvalue weighted by Gasteiger charge is 2.25. The monoisotopic (exact) mass is 451 g/mol. The van der Waals surface area contributed by atoms with E-state index in [0.29, 0.717) is 31.5 Å². The lowest BCUT2D eigenvalue weighted by Gasteiger charge is -2.28. The fourth-order valence-corrected chi connectivity index (χ4v) is 2.94. The Hall–Kier alpha value is -2.60. The molecule has 0 fully saturated rings. The number of fused-ring (bicyclic) bond motifs is 1. The highest BCUT2D eigenvalue weighted by Crippen LogP contribution is 2.17. The molecule has 0 bridgehead atoms. The van der Waals surface area contributed by atoms with E-state index in [2.05, 4.69) is 14.9 Å². The van der Waals surface area contributed by atoms with Crippen molar-refractivity contribution in [2.24, 2.45) is 5.73 Å². The maximum atomic E-state index is 13.7. The van der Waals surface area contributed by atoms with Gasteiger partial charge in [-0.2, -0.15) is 0 Å². The van der Waals surface area contributed by atoms with Gasteiger partial charge in [0.15, 0.2) is 17.5 Å². The molecule has 2 heterocycles. The number of nitrogens with two attached hydrogens (primary N) is 1. The van der Waals surface area contributed by atoms with E-state index in [0.717, 1.165) is 11.9 Å². The van der Waals surface area contributed by atoms with E-state index in [-0.39, 0.29) is 25.7 Å². The molecular formula is C16H21F3N5O5P. The van der Waals surface area contributed by atoms with E-state index in [4.69, 9.17) is 20.1 Å². The quantitative estimate of drug-likeness (QED) is 0.305. The number of carbonyl (C=O) groups is 1. The molecule has 0 radical (unpaired) electrons. The van der Waals surface area contributed by atoms with Gasteiger partial charge in [0.25, 0.3) is 0 Å². The maximum Gasteiger partial charge on any atom is 0.496 e. The Kier molecular flexibility index (Phi) is 8.24. The van der Waals surface area contributed by atoms with Crippen LogP contribution in [0, 0.1) is 24.4 Å². The predicted molar refractivity (Wildman–Crippen MR) is 96.9 cm³/mol. The van der Waals surface area contributed by atoms with E-state index >= 15 is 0 Å². The van der Waals surface area contributed by atoms with E-state index in [1.54, 1.807) is 4.90 Å². The second-order valence-electron chi connectivity index (χ2n) is 6.46. The van der Waals surface area contributed by atoms with Crippen LogP contribution in [0.15, 0.2) is 12.1 Å². The van der Waals surface area contributed by atoms with Gasteiger partial charge in [-0.1, -0.05) is 0 Å². The molecule has 1 aromatic heterocycles. The number of amides is 1. The van der Waals surface area contributed by atoms with Gasteiger partial charge < -0.3 is 15.2 Å². The molecule has 0 unspecified atom stereocenters. The molecule has 3 rings (SSSR count). The number of aromatic nitrogens is 3. The van der Waals surface area contributed by atoms with Crippen molar-refractivity contribution in [3.8, 4) is 0 Å². The molecule has 3 N–H and O–H groups in total. The number of rotatable bonds is 5. The van der Waals surface area contributed by atoms with E-state index < -0.39 is 31.4 Å². The molecule has 0 aliphatic carbocycles. The van der Waals surface area contributed by atoms with Crippen molar-refractivity contribution >= 4 is 13.8 Å². The van der Waals surface area contributed by atoms with Crippen molar-refractivity contribution in [2.75, 3.05) is 6.54 Å². The molecule has 1 amide bonds. The standard InChI is InChI=1S/C16H18F3N5O.HO4P.H2/c1-9-21-22-15-8-23(2-3-24(9)15)16(25)6-11(20)4-10-5-13(18)14(19)7-12(10)17;1-4-5(2)3;/h5,7,11H,2-4,6,8,20H2,1H3;1H;1H/t11-;;/m0../s1. The van der Waals surface area contributed by atoms with E-state index in [9.17, 15) is 18.0 Å². The molecule has 30 heavy (non-hydrogen) atoms. The van der Waals surface area contributed by atoms with Gasteiger partial charge in [0.05, 0.1) is 6.54 Å². The van der Waals surface area contributed by atoms with Crippen LogP contribution in [0.25, 0.3) is 0 Å². The first-order chi connectivity index (χ1) is 14.1. The highest BCUT2D eigenvalue weighted by molar-refractivity contribution is 7.24. The van der Waals surface area contributed by atoms with E-state index in [1.807, 2.05) is 11.5 Å². The zero-order chi connectivity index (χ0) is 22.4. The van der Waals surface area contributed by atoms with Gasteiger partial charge in [-0.05, 0) is 25.0 Å². The lowest BCUT2D eigenvalue weighted by molar-refractivity contribution is -0.133. The average molecular weight is 451 g/mol. The zero-order valence-corrected chi connectivity index (χ0v) is 16.7. The molecule has 166 valence electrons. The second-order valence-corrected chi connectivity index (χ2v) is 7.07. The molecule has 0 spiro atoms. The van der Waals surface area contributed by atoms with Crippen LogP contribution in [-0.2, 0) is 38.1 Å². The molecule has 0 saturated carbocycles. The van der Waals surface area contributed by atoms with Crippen molar-refractivity contribution in [3.05, 3.63) is 46.8 Å². The van der Waals surface area contributed by atoms with Gasteiger partial charge in [-0.25, -0.2) is 27.6 Å². The Morgan fingerprint density at radius 3 is 2.53 bits per heavy atom. The highest BCUT2D eigenvalue weighted by atomic mass is 31.1. The number of halogens is 3. The van der Waals surface area contributed by atoms with Gasteiger partial charge in [-0.3, -0.25) is 4.79 Å². The third-order valence-electron chi connectivity index (χ3n) is 4.37. The van der Waals surface area contributed by atoms with Gasteiger partial charge >= 0.3 is 7.91 Å². The van der Waals surface area contributed by atoms with E-state index in [1.165, 1.54) is 0 Å². The molecule has 2 aromatic rings. The van der Waals surface area contributed by atoms with Gasteiger partial charge in [0, 0.05) is 33.0 Å². The topological polar surface area (TPSA) is 141 Å². The Labute approximate surface area is 170 Å². The summed E-state index contributed by atoms with van der Waals surface area (Å²) in [4.78, 5) is 14.0. The Morgan fingerprint density at radius 1 is 1.27 bits per heavy atom. The third kappa shape index (κ3) is 6.20. The van der Waals surface area contributed by atoms with Crippen molar-refractivity contribution in [1.29, 1.82) is 0 Å². The number of hydrogen-bond donors (Lipinski definition) is 2. The summed E-state index contributed by atoms with van der Waals surface area (Å²) < 4.78 is 62.4. The SMILES string of the molecule is Cc1nnc2n1CCN(C(=O)C[C@@H](N)Cc1cc(F)c(F)cc1F)C2.O=P(=O)OO.[HH]. The van der Waals surface area contributed by atoms with Gasteiger partial charge in [-0.15, -0.1) is 14.9 Å². The Bertz CT molecular complexity index is 983. The van der Waals surface area contributed by atoms with Crippen LogP contribution in [0.2, 0.25) is 0 Å². The Balaban J connectivity index is 0.000000721. The first kappa shape index (κ1) is 23.7. The molecule has 10 nitrogen and oxygen atoms in total. The summed E-state index contributed by atoms with van der Waals surface area (Å²) in [7, 11) is -3.04. The van der Waals surface area contributed by atoms with Crippen LogP contribution in [0.5, 0.6) is 0 Å². The minimum atomic E-state index is -3.04. The Morgan fingerprint density at radius 2 is 1.90 bits per heavy atom. The summed E-state index contributed by atoms with van der Waals surface area (Å²) in [5.74, 6) is -1.95. The second kappa shape index (κ2) is 10.4. The van der Waals surface area contributed by atoms with Gasteiger partial charge in [0.2, 0.25) is 5.91 Å². The van der Waals surface area contributed by atoms with Crippen LogP contribution in [-0.4, -0.2) is 43.4 Å². The smallest absolute Gasteiger partial charge is 0.333 e. The largest absolute Gasteiger partial charge is 0.496 e. The molecule has 1 aliphatic heterocycles. The summed E-state index contributed by atoms with van der Waals surface area (Å²) in [6.07, 6.45) is -0.0799. The van der Waals surface area contributed by atoms with Crippen LogP contribution in [0.1, 0.15) is 25.1 Å². The minimum Gasteiger partial charge on any atom is -0.333 e. The summed E-state index contributed by atoms with van der Waals surface area (Å²) in [6, 6.07) is 0.563. The molecule has 1 aromatic carbocycles. The van der Waals surface area contributed by atoms with Crippen molar-refractivity contribution in [2.45, 2.75) is 38.9 Å². The van der Waals surface area contributed by atoms with Gasteiger partial charge in [0.1, 0.15) is 11.6 Å². The van der Waals surface area contributed by atoms with Crippen LogP contribution in [0.3, 0.4) is 0 Å². The molecule has 0 saturated heterocycles. The fourth-order valence-electron chi connectivity index (χ4n) is 2.94. The first-order valence-electron chi connectivity index (χ1n) is 8.63. The molecule has 1 atom stereocenters. The maximum absolute atomic E-state index is 13.7. The normalized spacial score (nSPS) is 13.9. The predicted octanol–water partition coefficient (Wildman–Crippen LogP) is 2.12. The molecular weight excluding hydrogens is 430 g/mol. The molecule has 1 aliphatic rings. The summed E-state index contributed by atoms with van der Waals surface area (Å²) in [6.45, 7) is 3.30. The average Bonchev–Trinajstić information content (AvgIpc) is 3.06. The summed E-state index contributed by atoms with van der Waals surface area (Å²) in [5.41, 5.74) is 5.86. The fraction of sp³-hybridized carbons (Fsp3) is 0.438. The molecule has 14 heteroatoms. The van der Waals surface area contributed by atoms with Crippen LogP contribution < -0.4 is 5.73 Å². The number of aryl methyl sites for hydroxylation is 1. The number of nitrogens with zero attached hydrogens (tertiary/aromatic N) is 4. The number of carbonyl (C=O) groups excluding carboxylic acids is 1. The summed E-state index contributed by atoms with van der Waals surface area (Å²) >= 11 is 0. The minimum absolute atomic E-state index is 0. The lowest BCUT2D eigenvalue weighted by Crippen LogP contribution is -2.41. The summed E-state index contributed by atoms with van der Waals surface area (Å²) in [5, 5.41) is 15.1. The van der Waals surface area contributed by atoms with Crippen LogP contribution >= 0.6 is 7.91 Å². The van der Waals surface area contributed by atoms with Crippen molar-refractivity contribution in [1.82, 2.24) is 19.7 Å².